The smallest absolute Gasteiger partial charge is 0.416 e. The summed E-state index contributed by atoms with van der Waals surface area (Å²) in [5.74, 6) is -0.833. The molecule has 0 bridgehead atoms. The molecule has 4 nitrogen and oxygen atoms in total. The fraction of sp³-hybridized carbons (Fsp3) is 0.250. The van der Waals surface area contributed by atoms with Crippen molar-refractivity contribution in [3.8, 4) is 0 Å². The minimum Gasteiger partial charge on any atom is -0.481 e. The van der Waals surface area contributed by atoms with Gasteiger partial charge in [-0.15, -0.1) is 0 Å². The Morgan fingerprint density at radius 3 is 2.58 bits per heavy atom. The molecule has 0 saturated heterocycles. The zero-order valence-corrected chi connectivity index (χ0v) is 9.82. The average Bonchev–Trinajstić information content (AvgIpc) is 2.26. The number of aryl methyl sites for hydroxylation is 1. The molecule has 1 N–H and O–H groups in total. The normalized spacial score (nSPS) is 11.8. The summed E-state index contributed by atoms with van der Waals surface area (Å²) in [6.45, 7) is 1.56. The molecule has 100 valence electrons. The molecule has 2 aromatic rings. The molecule has 0 amide bonds. The Bertz CT molecular complexity index is 653. The second-order valence-corrected chi connectivity index (χ2v) is 4.02. The SMILES string of the molecule is Cc1nc(CC(=O)O)c2cc(C(F)(F)F)ccc2n1. The van der Waals surface area contributed by atoms with Gasteiger partial charge >= 0.3 is 12.1 Å². The van der Waals surface area contributed by atoms with Crippen LogP contribution in [0.1, 0.15) is 17.1 Å². The monoisotopic (exact) mass is 270 g/mol. The van der Waals surface area contributed by atoms with Crippen molar-refractivity contribution in [3.05, 3.63) is 35.3 Å². The molecule has 0 aliphatic heterocycles. The quantitative estimate of drug-likeness (QED) is 0.911. The lowest BCUT2D eigenvalue weighted by molar-refractivity contribution is -0.137. The lowest BCUT2D eigenvalue weighted by Gasteiger charge is -2.09. The van der Waals surface area contributed by atoms with Crippen LogP contribution in [0.4, 0.5) is 13.2 Å². The van der Waals surface area contributed by atoms with Gasteiger partial charge in [0.25, 0.3) is 0 Å². The Labute approximate surface area is 105 Å². The number of rotatable bonds is 2. The summed E-state index contributed by atoms with van der Waals surface area (Å²) in [4.78, 5) is 18.6. The van der Waals surface area contributed by atoms with Crippen molar-refractivity contribution in [2.24, 2.45) is 0 Å². The van der Waals surface area contributed by atoms with Gasteiger partial charge in [-0.25, -0.2) is 9.97 Å². The van der Waals surface area contributed by atoms with Gasteiger partial charge in [-0.2, -0.15) is 13.2 Å². The largest absolute Gasteiger partial charge is 0.481 e. The summed E-state index contributed by atoms with van der Waals surface area (Å²) in [6.07, 6.45) is -4.93. The molecule has 0 aliphatic rings. The van der Waals surface area contributed by atoms with Gasteiger partial charge in [0, 0.05) is 5.39 Å². The molecule has 0 spiro atoms. The molecule has 7 heteroatoms. The standard InChI is InChI=1S/C12H9F3N2O2/c1-6-16-9-3-2-7(12(13,14)15)4-8(9)10(17-6)5-11(18)19/h2-4H,5H2,1H3,(H,18,19). The zero-order chi connectivity index (χ0) is 14.2. The van der Waals surface area contributed by atoms with Gasteiger partial charge in [0.1, 0.15) is 5.82 Å². The van der Waals surface area contributed by atoms with E-state index in [2.05, 4.69) is 9.97 Å². The van der Waals surface area contributed by atoms with Crippen LogP contribution >= 0.6 is 0 Å². The summed E-state index contributed by atoms with van der Waals surface area (Å²) >= 11 is 0. The van der Waals surface area contributed by atoms with Gasteiger partial charge in [0.2, 0.25) is 0 Å². The second kappa shape index (κ2) is 4.49. The van der Waals surface area contributed by atoms with E-state index in [0.717, 1.165) is 12.1 Å². The van der Waals surface area contributed by atoms with E-state index in [1.165, 1.54) is 6.07 Å². The molecular weight excluding hydrogens is 261 g/mol. The van der Waals surface area contributed by atoms with Gasteiger partial charge in [-0.05, 0) is 25.1 Å². The molecule has 0 radical (unpaired) electrons. The Morgan fingerprint density at radius 1 is 1.32 bits per heavy atom. The van der Waals surface area contributed by atoms with E-state index in [0.29, 0.717) is 11.3 Å². The third-order valence-corrected chi connectivity index (χ3v) is 2.53. The van der Waals surface area contributed by atoms with E-state index in [4.69, 9.17) is 5.11 Å². The van der Waals surface area contributed by atoms with E-state index in [-0.39, 0.29) is 11.1 Å². The maximum absolute atomic E-state index is 12.6. The molecule has 1 aromatic carbocycles. The fourth-order valence-electron chi connectivity index (χ4n) is 1.77. The van der Waals surface area contributed by atoms with Crippen molar-refractivity contribution in [2.45, 2.75) is 19.5 Å². The predicted octanol–water partition coefficient (Wildman–Crippen LogP) is 2.58. The first-order valence-electron chi connectivity index (χ1n) is 5.33. The van der Waals surface area contributed by atoms with Gasteiger partial charge in [0.15, 0.2) is 0 Å². The molecule has 2 rings (SSSR count). The van der Waals surface area contributed by atoms with Gasteiger partial charge in [-0.1, -0.05) is 0 Å². The summed E-state index contributed by atoms with van der Waals surface area (Å²) in [5.41, 5.74) is -0.461. The number of halogens is 3. The van der Waals surface area contributed by atoms with Crippen molar-refractivity contribution in [1.82, 2.24) is 9.97 Å². The van der Waals surface area contributed by atoms with Crippen molar-refractivity contribution >= 4 is 16.9 Å². The summed E-state index contributed by atoms with van der Waals surface area (Å²) in [6, 6.07) is 3.02. The Morgan fingerprint density at radius 2 is 2.00 bits per heavy atom. The van der Waals surface area contributed by atoms with E-state index in [9.17, 15) is 18.0 Å². The van der Waals surface area contributed by atoms with Crippen LogP contribution in [0.3, 0.4) is 0 Å². The first-order valence-corrected chi connectivity index (χ1v) is 5.33. The molecule has 1 heterocycles. The van der Waals surface area contributed by atoms with Crippen LogP contribution in [0.5, 0.6) is 0 Å². The van der Waals surface area contributed by atoms with E-state index in [1.54, 1.807) is 6.92 Å². The van der Waals surface area contributed by atoms with Crippen LogP contribution in [0, 0.1) is 6.92 Å². The number of carboxylic acids is 1. The number of carbonyl (C=O) groups is 1. The number of benzene rings is 1. The molecule has 0 unspecified atom stereocenters. The highest BCUT2D eigenvalue weighted by Gasteiger charge is 2.30. The summed E-state index contributed by atoms with van der Waals surface area (Å²) < 4.78 is 37.9. The molecule has 0 saturated carbocycles. The first kappa shape index (κ1) is 13.3. The number of aromatic nitrogens is 2. The topological polar surface area (TPSA) is 63.1 Å². The molecule has 0 atom stereocenters. The number of aliphatic carboxylic acids is 1. The fourth-order valence-corrected chi connectivity index (χ4v) is 1.77. The number of hydrogen-bond donors (Lipinski definition) is 1. The maximum Gasteiger partial charge on any atom is 0.416 e. The number of hydrogen-bond acceptors (Lipinski definition) is 3. The van der Waals surface area contributed by atoms with Crippen LogP contribution in [0.2, 0.25) is 0 Å². The van der Waals surface area contributed by atoms with Crippen LogP contribution in [0.15, 0.2) is 18.2 Å². The van der Waals surface area contributed by atoms with E-state index >= 15 is 0 Å². The highest BCUT2D eigenvalue weighted by Crippen LogP contribution is 2.31. The molecular formula is C12H9F3N2O2. The molecule has 19 heavy (non-hydrogen) atoms. The number of nitrogens with zero attached hydrogens (tertiary/aromatic N) is 2. The highest BCUT2D eigenvalue weighted by atomic mass is 19.4. The zero-order valence-electron chi connectivity index (χ0n) is 9.82. The van der Waals surface area contributed by atoms with Gasteiger partial charge in [0.05, 0.1) is 23.2 Å². The van der Waals surface area contributed by atoms with Crippen LogP contribution < -0.4 is 0 Å². The summed E-state index contributed by atoms with van der Waals surface area (Å²) in [5, 5.41) is 8.88. The molecule has 0 aliphatic carbocycles. The lowest BCUT2D eigenvalue weighted by Crippen LogP contribution is -2.08. The highest BCUT2D eigenvalue weighted by molar-refractivity contribution is 5.85. The minimum absolute atomic E-state index is 0.0844. The molecule has 0 fully saturated rings. The maximum atomic E-state index is 12.6. The van der Waals surface area contributed by atoms with Crippen molar-refractivity contribution in [1.29, 1.82) is 0 Å². The Kier molecular flexibility index (Phi) is 3.13. The first-order chi connectivity index (χ1) is 8.77. The van der Waals surface area contributed by atoms with Crippen molar-refractivity contribution in [3.63, 3.8) is 0 Å². The molecule has 1 aromatic heterocycles. The van der Waals surface area contributed by atoms with Crippen LogP contribution in [-0.2, 0) is 17.4 Å². The number of alkyl halides is 3. The van der Waals surface area contributed by atoms with Crippen molar-refractivity contribution < 1.29 is 23.1 Å². The van der Waals surface area contributed by atoms with E-state index < -0.39 is 24.1 Å². The third kappa shape index (κ3) is 2.81. The second-order valence-electron chi connectivity index (χ2n) is 4.02. The number of carboxylic acid groups (broad SMARTS) is 1. The van der Waals surface area contributed by atoms with Crippen molar-refractivity contribution in [2.75, 3.05) is 0 Å². The average molecular weight is 270 g/mol. The summed E-state index contributed by atoms with van der Waals surface area (Å²) in [7, 11) is 0. The van der Waals surface area contributed by atoms with Crippen LogP contribution in [0.25, 0.3) is 10.9 Å². The van der Waals surface area contributed by atoms with E-state index in [1.807, 2.05) is 0 Å². The lowest BCUT2D eigenvalue weighted by atomic mass is 10.1. The van der Waals surface area contributed by atoms with Gasteiger partial charge in [-0.3, -0.25) is 4.79 Å². The minimum atomic E-state index is -4.49. The Hall–Kier alpha value is -2.18. The Balaban J connectivity index is 2.68. The third-order valence-electron chi connectivity index (χ3n) is 2.53. The van der Waals surface area contributed by atoms with Crippen LogP contribution in [-0.4, -0.2) is 21.0 Å². The predicted molar refractivity (Wildman–Crippen MR) is 60.6 cm³/mol. The number of fused-ring (bicyclic) bond motifs is 1. The van der Waals surface area contributed by atoms with Gasteiger partial charge < -0.3 is 5.11 Å².